The number of nitrogens with zero attached hydrogens (tertiary/aromatic N) is 3. The van der Waals surface area contributed by atoms with Gasteiger partial charge in [-0.25, -0.2) is 4.99 Å². The summed E-state index contributed by atoms with van der Waals surface area (Å²) in [6.45, 7) is 13.6. The summed E-state index contributed by atoms with van der Waals surface area (Å²) in [5, 5.41) is 6.28. The van der Waals surface area contributed by atoms with Crippen LogP contribution in [-0.2, 0) is 4.79 Å². The molecule has 0 aliphatic carbocycles. The van der Waals surface area contributed by atoms with Gasteiger partial charge in [0.1, 0.15) is 11.6 Å². The van der Waals surface area contributed by atoms with Gasteiger partial charge in [-0.3, -0.25) is 9.59 Å². The molecule has 1 aromatic rings. The summed E-state index contributed by atoms with van der Waals surface area (Å²) in [7, 11) is 3.53. The van der Waals surface area contributed by atoms with Crippen molar-refractivity contribution in [2.75, 3.05) is 51.0 Å². The number of allylic oxidation sites excluding steroid dienone is 2. The van der Waals surface area contributed by atoms with Crippen LogP contribution in [0.3, 0.4) is 0 Å². The molecule has 0 unspecified atom stereocenters. The lowest BCUT2D eigenvalue weighted by Gasteiger charge is -2.33. The summed E-state index contributed by atoms with van der Waals surface area (Å²) in [5.74, 6) is 0.365. The number of ether oxygens (including phenoxy) is 1. The fourth-order valence-electron chi connectivity index (χ4n) is 2.98. The van der Waals surface area contributed by atoms with E-state index in [1.165, 1.54) is 13.3 Å². The number of rotatable bonds is 7. The van der Waals surface area contributed by atoms with Gasteiger partial charge >= 0.3 is 0 Å². The van der Waals surface area contributed by atoms with Gasteiger partial charge in [-0.1, -0.05) is 24.8 Å². The van der Waals surface area contributed by atoms with E-state index in [4.69, 9.17) is 16.3 Å². The van der Waals surface area contributed by atoms with Gasteiger partial charge in [0.25, 0.3) is 5.91 Å². The predicted molar refractivity (Wildman–Crippen MR) is 131 cm³/mol. The fraction of sp³-hybridized carbons (Fsp3) is 0.348. The van der Waals surface area contributed by atoms with Crippen LogP contribution in [0.4, 0.5) is 11.4 Å². The summed E-state index contributed by atoms with van der Waals surface area (Å²) in [6.07, 6.45) is 2.64. The molecule has 0 spiro atoms. The average Bonchev–Trinajstić information content (AvgIpc) is 2.77. The zero-order valence-corrected chi connectivity index (χ0v) is 19.8. The number of aliphatic imine (C=N–C) groups is 1. The number of hydrogen-bond acceptors (Lipinski definition) is 5. The van der Waals surface area contributed by atoms with Crippen molar-refractivity contribution >= 4 is 40.6 Å². The Hall–Kier alpha value is -3.10. The number of amides is 2. The maximum atomic E-state index is 13.2. The minimum absolute atomic E-state index is 0.177. The molecule has 0 saturated carbocycles. The molecular weight excluding hydrogens is 430 g/mol. The molecule has 2 N–H and O–H groups in total. The van der Waals surface area contributed by atoms with Crippen LogP contribution in [-0.4, -0.2) is 67.8 Å². The normalized spacial score (nSPS) is 15.2. The number of benzene rings is 1. The van der Waals surface area contributed by atoms with E-state index in [1.807, 2.05) is 7.05 Å². The number of hydrogen-bond donors (Lipinski definition) is 2. The highest BCUT2D eigenvalue weighted by Gasteiger charge is 2.25. The van der Waals surface area contributed by atoms with Gasteiger partial charge in [-0.2, -0.15) is 0 Å². The van der Waals surface area contributed by atoms with E-state index < -0.39 is 5.91 Å². The van der Waals surface area contributed by atoms with Gasteiger partial charge < -0.3 is 25.2 Å². The lowest BCUT2D eigenvalue weighted by Crippen LogP contribution is -2.47. The smallest absolute Gasteiger partial charge is 0.256 e. The largest absolute Gasteiger partial charge is 0.495 e. The zero-order valence-electron chi connectivity index (χ0n) is 19.0. The molecule has 0 bridgehead atoms. The first-order valence-electron chi connectivity index (χ1n) is 10.1. The molecule has 172 valence electrons. The first kappa shape index (κ1) is 25.2. The molecule has 1 heterocycles. The average molecular weight is 460 g/mol. The van der Waals surface area contributed by atoms with E-state index in [1.54, 1.807) is 30.9 Å². The molecule has 8 nitrogen and oxygen atoms in total. The molecule has 2 rings (SSSR count). The molecule has 1 saturated heterocycles. The standard InChI is InChI=1S/C23H30ClN5O3/c1-7-22(30)27-19-13-20(26-16(4)25-14-18(24)15(2)3)21(32-6)12-17(19)23(31)29-10-8-28(5)9-11-29/h7,12-14H,1-2,8-11H2,3-6H3,(H,25,26)(H,27,30)/b18-14+. The number of carbonyl (C=O) groups is 2. The molecule has 1 aromatic carbocycles. The van der Waals surface area contributed by atoms with E-state index >= 15 is 0 Å². The van der Waals surface area contributed by atoms with Crippen molar-refractivity contribution in [1.29, 1.82) is 0 Å². The second-order valence-corrected chi connectivity index (χ2v) is 7.89. The van der Waals surface area contributed by atoms with Gasteiger partial charge in [0.15, 0.2) is 0 Å². The third-order valence-electron chi connectivity index (χ3n) is 4.90. The van der Waals surface area contributed by atoms with Crippen LogP contribution < -0.4 is 15.4 Å². The summed E-state index contributed by atoms with van der Waals surface area (Å²) in [5.41, 5.74) is 1.92. The Bertz CT molecular complexity index is 963. The van der Waals surface area contributed by atoms with Gasteiger partial charge in [-0.05, 0) is 44.7 Å². The molecular formula is C23H30ClN5O3. The topological polar surface area (TPSA) is 86.3 Å². The number of piperazine rings is 1. The highest BCUT2D eigenvalue weighted by molar-refractivity contribution is 6.31. The van der Waals surface area contributed by atoms with Crippen molar-refractivity contribution < 1.29 is 14.3 Å². The number of anilines is 2. The van der Waals surface area contributed by atoms with Gasteiger partial charge in [0, 0.05) is 32.4 Å². The second-order valence-electron chi connectivity index (χ2n) is 7.48. The number of amidine groups is 1. The van der Waals surface area contributed by atoms with Crippen molar-refractivity contribution in [2.24, 2.45) is 4.99 Å². The molecule has 9 heteroatoms. The van der Waals surface area contributed by atoms with Gasteiger partial charge in [0.2, 0.25) is 5.91 Å². The van der Waals surface area contributed by atoms with Crippen LogP contribution >= 0.6 is 11.6 Å². The fourth-order valence-corrected chi connectivity index (χ4v) is 3.03. The van der Waals surface area contributed by atoms with Gasteiger partial charge in [0.05, 0.1) is 29.1 Å². The van der Waals surface area contributed by atoms with E-state index in [0.717, 1.165) is 19.2 Å². The van der Waals surface area contributed by atoms with E-state index in [9.17, 15) is 9.59 Å². The number of halogens is 1. The number of likely N-dealkylation sites (N-methyl/N-ethyl adjacent to an activating group) is 1. The first-order chi connectivity index (χ1) is 15.2. The summed E-state index contributed by atoms with van der Waals surface area (Å²) < 4.78 is 5.51. The van der Waals surface area contributed by atoms with Crippen molar-refractivity contribution in [3.63, 3.8) is 0 Å². The molecule has 1 aliphatic rings. The number of methoxy groups -OCH3 is 1. The highest BCUT2D eigenvalue weighted by atomic mass is 35.5. The Morgan fingerprint density at radius 2 is 1.81 bits per heavy atom. The van der Waals surface area contributed by atoms with Crippen LogP contribution in [0.2, 0.25) is 0 Å². The Balaban J connectivity index is 2.42. The lowest BCUT2D eigenvalue weighted by atomic mass is 10.1. The molecule has 2 amide bonds. The number of carbonyl (C=O) groups excluding carboxylic acids is 2. The van der Waals surface area contributed by atoms with Crippen molar-refractivity contribution in [2.45, 2.75) is 13.8 Å². The molecule has 32 heavy (non-hydrogen) atoms. The maximum Gasteiger partial charge on any atom is 0.256 e. The predicted octanol–water partition coefficient (Wildman–Crippen LogP) is 3.69. The van der Waals surface area contributed by atoms with Crippen LogP contribution in [0.1, 0.15) is 24.2 Å². The van der Waals surface area contributed by atoms with E-state index in [0.29, 0.717) is 52.2 Å². The van der Waals surface area contributed by atoms with Crippen molar-refractivity contribution in [3.05, 3.63) is 53.7 Å². The third kappa shape index (κ3) is 6.70. The minimum Gasteiger partial charge on any atom is -0.495 e. The quantitative estimate of drug-likeness (QED) is 0.281. The Morgan fingerprint density at radius 1 is 1.16 bits per heavy atom. The van der Waals surface area contributed by atoms with Crippen LogP contribution in [0, 0.1) is 0 Å². The SMILES string of the molecule is C=CC(=O)Nc1cc(NC(C)=N/C=C(/Cl)C(=C)C)c(OC)cc1C(=O)N1CCN(C)CC1. The molecule has 0 aromatic heterocycles. The van der Waals surface area contributed by atoms with E-state index in [2.05, 4.69) is 33.7 Å². The van der Waals surface area contributed by atoms with Crippen LogP contribution in [0.5, 0.6) is 5.75 Å². The lowest BCUT2D eigenvalue weighted by molar-refractivity contribution is -0.111. The third-order valence-corrected chi connectivity index (χ3v) is 5.32. The van der Waals surface area contributed by atoms with Gasteiger partial charge in [-0.15, -0.1) is 0 Å². The Labute approximate surface area is 194 Å². The summed E-state index contributed by atoms with van der Waals surface area (Å²) in [4.78, 5) is 33.5. The summed E-state index contributed by atoms with van der Waals surface area (Å²) in [6, 6.07) is 3.26. The van der Waals surface area contributed by atoms with Crippen molar-refractivity contribution in [3.8, 4) is 5.75 Å². The summed E-state index contributed by atoms with van der Waals surface area (Å²) >= 11 is 6.06. The van der Waals surface area contributed by atoms with Crippen LogP contribution in [0.25, 0.3) is 0 Å². The highest BCUT2D eigenvalue weighted by Crippen LogP contribution is 2.33. The van der Waals surface area contributed by atoms with Crippen molar-refractivity contribution in [1.82, 2.24) is 9.80 Å². The molecule has 0 atom stereocenters. The Kier molecular flexibility index (Phi) is 9.04. The zero-order chi connectivity index (χ0) is 23.8. The second kappa shape index (κ2) is 11.5. The first-order valence-corrected chi connectivity index (χ1v) is 10.5. The monoisotopic (exact) mass is 459 g/mol. The maximum absolute atomic E-state index is 13.2. The molecule has 1 aliphatic heterocycles. The minimum atomic E-state index is -0.421. The van der Waals surface area contributed by atoms with Crippen LogP contribution in [0.15, 0.2) is 53.2 Å². The van der Waals surface area contributed by atoms with E-state index in [-0.39, 0.29) is 5.91 Å². The molecule has 1 fully saturated rings. The number of nitrogens with one attached hydrogen (secondary N) is 2. The molecule has 0 radical (unpaired) electrons. The Morgan fingerprint density at radius 3 is 2.38 bits per heavy atom.